The van der Waals surface area contributed by atoms with Crippen LogP contribution >= 0.6 is 0 Å². The number of carbonyl (C=O) groups is 2. The Morgan fingerprint density at radius 1 is 1.13 bits per heavy atom. The van der Waals surface area contributed by atoms with Crippen LogP contribution in [0.1, 0.15) is 49.5 Å². The van der Waals surface area contributed by atoms with Gasteiger partial charge in [-0.1, -0.05) is 30.4 Å². The zero-order valence-corrected chi connectivity index (χ0v) is 14.1. The minimum absolute atomic E-state index is 0.0845. The minimum Gasteiger partial charge on any atom is -0.462 e. The fraction of sp³-hybridized carbons (Fsp3) is 0.368. The number of esters is 1. The summed E-state index contributed by atoms with van der Waals surface area (Å²) in [5.41, 5.74) is 2.33. The molecule has 0 radical (unpaired) electrons. The fourth-order valence-corrected chi connectivity index (χ4v) is 1.87. The van der Waals surface area contributed by atoms with Crippen LogP contribution in [0.15, 0.2) is 42.0 Å². The number of nitrogens with one attached hydrogen (secondary N) is 1. The normalized spacial score (nSPS) is 11.5. The van der Waals surface area contributed by atoms with Crippen LogP contribution in [0.4, 0.5) is 0 Å². The van der Waals surface area contributed by atoms with Gasteiger partial charge in [-0.15, -0.1) is 0 Å². The summed E-state index contributed by atoms with van der Waals surface area (Å²) >= 11 is 0. The number of unbranched alkanes of at least 4 members (excludes halogenated alkanes) is 1. The second-order valence-electron chi connectivity index (χ2n) is 5.19. The van der Waals surface area contributed by atoms with Crippen LogP contribution in [0, 0.1) is 0 Å². The predicted octanol–water partition coefficient (Wildman–Crippen LogP) is 3.74. The average Bonchev–Trinajstić information content (AvgIpc) is 2.57. The molecule has 1 aromatic carbocycles. The van der Waals surface area contributed by atoms with Gasteiger partial charge in [-0.25, -0.2) is 4.79 Å². The highest BCUT2D eigenvalue weighted by molar-refractivity contribution is 5.94. The molecule has 0 aromatic heterocycles. The van der Waals surface area contributed by atoms with Crippen molar-refractivity contribution in [3.63, 3.8) is 0 Å². The van der Waals surface area contributed by atoms with Crippen molar-refractivity contribution in [2.75, 3.05) is 13.2 Å². The summed E-state index contributed by atoms with van der Waals surface area (Å²) in [5, 5.41) is 2.86. The maximum absolute atomic E-state index is 12.0. The van der Waals surface area contributed by atoms with Gasteiger partial charge in [0, 0.05) is 17.7 Å². The lowest BCUT2D eigenvalue weighted by Gasteiger charge is -2.07. The summed E-state index contributed by atoms with van der Waals surface area (Å²) in [6.45, 7) is 6.42. The molecule has 0 bridgehead atoms. The Kier molecular flexibility index (Phi) is 8.43. The molecular weight excluding hydrogens is 290 g/mol. The Bertz CT molecular complexity index is 571. The third-order valence-corrected chi connectivity index (χ3v) is 3.38. The van der Waals surface area contributed by atoms with Crippen molar-refractivity contribution < 1.29 is 14.3 Å². The van der Waals surface area contributed by atoms with Crippen molar-refractivity contribution in [3.8, 4) is 0 Å². The Morgan fingerprint density at radius 3 is 2.43 bits per heavy atom. The standard InChI is InChI=1S/C19H25NO3/c1-4-8-16-9-11-17(12-10-16)18(21)20-13-6-7-14-23-19(22)15(3)5-2/h4-5,8-12H,6-7,13-14H2,1-3H3,(H,20,21)/b8-4+,15-5+. The molecule has 1 rings (SSSR count). The molecule has 0 aliphatic heterocycles. The quantitative estimate of drug-likeness (QED) is 0.452. The van der Waals surface area contributed by atoms with Gasteiger partial charge in [-0.05, 0) is 51.3 Å². The van der Waals surface area contributed by atoms with E-state index in [9.17, 15) is 9.59 Å². The molecule has 1 amide bonds. The summed E-state index contributed by atoms with van der Waals surface area (Å²) in [6, 6.07) is 7.45. The number of hydrogen-bond donors (Lipinski definition) is 1. The molecular formula is C19H25NO3. The first kappa shape index (κ1) is 18.7. The molecule has 0 atom stereocenters. The van der Waals surface area contributed by atoms with Gasteiger partial charge in [-0.2, -0.15) is 0 Å². The number of amides is 1. The van der Waals surface area contributed by atoms with Gasteiger partial charge in [0.05, 0.1) is 6.61 Å². The highest BCUT2D eigenvalue weighted by Gasteiger charge is 2.05. The number of carbonyl (C=O) groups excluding carboxylic acids is 2. The van der Waals surface area contributed by atoms with Crippen LogP contribution in [-0.4, -0.2) is 25.0 Å². The molecule has 0 aliphatic carbocycles. The van der Waals surface area contributed by atoms with Crippen LogP contribution in [0.3, 0.4) is 0 Å². The summed E-state index contributed by atoms with van der Waals surface area (Å²) in [5.74, 6) is -0.364. The van der Waals surface area contributed by atoms with Crippen molar-refractivity contribution in [3.05, 3.63) is 53.1 Å². The van der Waals surface area contributed by atoms with Crippen LogP contribution in [0.2, 0.25) is 0 Å². The van der Waals surface area contributed by atoms with Crippen LogP contribution in [-0.2, 0) is 9.53 Å². The van der Waals surface area contributed by atoms with Crippen LogP contribution in [0.25, 0.3) is 6.08 Å². The second kappa shape index (κ2) is 10.4. The van der Waals surface area contributed by atoms with Gasteiger partial charge in [0.25, 0.3) is 5.91 Å². The Labute approximate surface area is 138 Å². The maximum atomic E-state index is 12.0. The highest BCUT2D eigenvalue weighted by atomic mass is 16.5. The van der Waals surface area contributed by atoms with Crippen LogP contribution in [0.5, 0.6) is 0 Å². The predicted molar refractivity (Wildman–Crippen MR) is 93.1 cm³/mol. The average molecular weight is 315 g/mol. The highest BCUT2D eigenvalue weighted by Crippen LogP contribution is 2.06. The van der Waals surface area contributed by atoms with Gasteiger partial charge >= 0.3 is 5.97 Å². The smallest absolute Gasteiger partial charge is 0.333 e. The molecule has 4 nitrogen and oxygen atoms in total. The van der Waals surface area contributed by atoms with E-state index in [0.717, 1.165) is 18.4 Å². The molecule has 0 unspecified atom stereocenters. The van der Waals surface area contributed by atoms with E-state index >= 15 is 0 Å². The molecule has 1 aromatic rings. The van der Waals surface area contributed by atoms with Gasteiger partial charge < -0.3 is 10.1 Å². The monoisotopic (exact) mass is 315 g/mol. The molecule has 4 heteroatoms. The molecule has 0 aliphatic rings. The third kappa shape index (κ3) is 6.96. The largest absolute Gasteiger partial charge is 0.462 e. The van der Waals surface area contributed by atoms with E-state index in [1.54, 1.807) is 19.9 Å². The Morgan fingerprint density at radius 2 is 1.83 bits per heavy atom. The van der Waals surface area contributed by atoms with E-state index in [0.29, 0.717) is 24.3 Å². The van der Waals surface area contributed by atoms with Gasteiger partial charge in [-0.3, -0.25) is 4.79 Å². The number of allylic oxidation sites excluding steroid dienone is 2. The number of benzene rings is 1. The van der Waals surface area contributed by atoms with E-state index in [-0.39, 0.29) is 11.9 Å². The van der Waals surface area contributed by atoms with Crippen molar-refractivity contribution in [1.82, 2.24) is 5.32 Å². The van der Waals surface area contributed by atoms with Crippen molar-refractivity contribution in [2.24, 2.45) is 0 Å². The molecule has 0 saturated heterocycles. The second-order valence-corrected chi connectivity index (χ2v) is 5.19. The number of rotatable bonds is 8. The summed E-state index contributed by atoms with van der Waals surface area (Å²) in [6.07, 6.45) is 7.16. The fourth-order valence-electron chi connectivity index (χ4n) is 1.87. The first-order chi connectivity index (χ1) is 11.1. The van der Waals surface area contributed by atoms with Gasteiger partial charge in [0.15, 0.2) is 0 Å². The van der Waals surface area contributed by atoms with Crippen molar-refractivity contribution in [2.45, 2.75) is 33.6 Å². The summed E-state index contributed by atoms with van der Waals surface area (Å²) in [7, 11) is 0. The minimum atomic E-state index is -0.280. The van der Waals surface area contributed by atoms with Crippen LogP contribution < -0.4 is 5.32 Å². The lowest BCUT2D eigenvalue weighted by Crippen LogP contribution is -2.24. The van der Waals surface area contributed by atoms with Crippen molar-refractivity contribution in [1.29, 1.82) is 0 Å². The van der Waals surface area contributed by atoms with E-state index in [1.165, 1.54) is 0 Å². The molecule has 0 spiro atoms. The topological polar surface area (TPSA) is 55.4 Å². The molecule has 0 fully saturated rings. The van der Waals surface area contributed by atoms with Gasteiger partial charge in [0.1, 0.15) is 0 Å². The lowest BCUT2D eigenvalue weighted by atomic mass is 10.1. The Hall–Kier alpha value is -2.36. The number of hydrogen-bond acceptors (Lipinski definition) is 3. The molecule has 1 N–H and O–H groups in total. The lowest BCUT2D eigenvalue weighted by molar-refractivity contribution is -0.139. The van der Waals surface area contributed by atoms with E-state index in [4.69, 9.17) is 4.74 Å². The molecule has 0 saturated carbocycles. The first-order valence-electron chi connectivity index (χ1n) is 7.89. The van der Waals surface area contributed by atoms with Gasteiger partial charge in [0.2, 0.25) is 0 Å². The maximum Gasteiger partial charge on any atom is 0.333 e. The number of ether oxygens (including phenoxy) is 1. The van der Waals surface area contributed by atoms with E-state index in [2.05, 4.69) is 5.32 Å². The Balaban J connectivity index is 2.23. The SMILES string of the molecule is C/C=C/c1ccc(C(=O)NCCCCOC(=O)/C(C)=C/C)cc1. The first-order valence-corrected chi connectivity index (χ1v) is 7.89. The molecule has 0 heterocycles. The van der Waals surface area contributed by atoms with E-state index in [1.807, 2.05) is 43.3 Å². The summed E-state index contributed by atoms with van der Waals surface area (Å²) < 4.78 is 5.10. The zero-order chi connectivity index (χ0) is 17.1. The van der Waals surface area contributed by atoms with Crippen molar-refractivity contribution >= 4 is 18.0 Å². The van der Waals surface area contributed by atoms with E-state index < -0.39 is 0 Å². The summed E-state index contributed by atoms with van der Waals surface area (Å²) in [4.78, 5) is 23.4. The molecule has 124 valence electrons. The molecule has 23 heavy (non-hydrogen) atoms. The zero-order valence-electron chi connectivity index (χ0n) is 14.1. The third-order valence-electron chi connectivity index (χ3n) is 3.38.